The molecule has 3 aliphatic heterocycles. The van der Waals surface area contributed by atoms with E-state index >= 15 is 0 Å². The topological polar surface area (TPSA) is 50.4 Å². The molecule has 4 atom stereocenters. The summed E-state index contributed by atoms with van der Waals surface area (Å²) < 4.78 is 5.81. The molecule has 3 aliphatic rings. The van der Waals surface area contributed by atoms with Gasteiger partial charge in [0.15, 0.2) is 0 Å². The minimum Gasteiger partial charge on any atom is -0.371 e. The molecular formula is C9H14N2O2. The van der Waals surface area contributed by atoms with E-state index in [2.05, 4.69) is 10.6 Å². The lowest BCUT2D eigenvalue weighted by Gasteiger charge is -2.27. The smallest absolute Gasteiger partial charge is 0.227 e. The van der Waals surface area contributed by atoms with Crippen LogP contribution in [0, 0.1) is 5.92 Å². The number of nitrogens with one attached hydrogen (secondary N) is 2. The highest BCUT2D eigenvalue weighted by molar-refractivity contribution is 5.83. The van der Waals surface area contributed by atoms with Crippen molar-refractivity contribution in [3.05, 3.63) is 0 Å². The SMILES string of the molecule is O=C1NCC2OC3CCCNC3C12. The van der Waals surface area contributed by atoms with Gasteiger partial charge in [0.1, 0.15) is 0 Å². The van der Waals surface area contributed by atoms with Crippen LogP contribution in [0.3, 0.4) is 0 Å². The highest BCUT2D eigenvalue weighted by Gasteiger charge is 2.51. The zero-order valence-electron chi connectivity index (χ0n) is 7.45. The maximum atomic E-state index is 11.5. The van der Waals surface area contributed by atoms with Crippen molar-refractivity contribution < 1.29 is 9.53 Å². The Bertz CT molecular complexity index is 244. The first kappa shape index (κ1) is 7.76. The van der Waals surface area contributed by atoms with E-state index in [9.17, 15) is 4.79 Å². The molecule has 72 valence electrons. The van der Waals surface area contributed by atoms with Crippen molar-refractivity contribution in [3.8, 4) is 0 Å². The molecule has 4 heteroatoms. The van der Waals surface area contributed by atoms with Gasteiger partial charge in [-0.2, -0.15) is 0 Å². The average molecular weight is 182 g/mol. The third-order valence-electron chi connectivity index (χ3n) is 3.36. The molecule has 0 radical (unpaired) electrons. The fourth-order valence-electron chi connectivity index (χ4n) is 2.76. The lowest BCUT2D eigenvalue weighted by molar-refractivity contribution is -0.123. The molecule has 0 aromatic rings. The van der Waals surface area contributed by atoms with Gasteiger partial charge in [0.25, 0.3) is 0 Å². The number of amides is 1. The van der Waals surface area contributed by atoms with Gasteiger partial charge >= 0.3 is 0 Å². The number of carbonyl (C=O) groups excluding carboxylic acids is 1. The summed E-state index contributed by atoms with van der Waals surface area (Å²) in [5, 5.41) is 6.25. The Kier molecular flexibility index (Phi) is 1.60. The van der Waals surface area contributed by atoms with Crippen molar-refractivity contribution in [2.75, 3.05) is 13.1 Å². The molecule has 4 unspecified atom stereocenters. The molecule has 0 aliphatic carbocycles. The molecule has 3 heterocycles. The number of hydrogen-bond acceptors (Lipinski definition) is 3. The third-order valence-corrected chi connectivity index (χ3v) is 3.36. The second kappa shape index (κ2) is 2.69. The molecule has 13 heavy (non-hydrogen) atoms. The van der Waals surface area contributed by atoms with Crippen molar-refractivity contribution >= 4 is 5.91 Å². The number of carbonyl (C=O) groups is 1. The lowest BCUT2D eigenvalue weighted by atomic mass is 9.91. The predicted molar refractivity (Wildman–Crippen MR) is 46.2 cm³/mol. The Morgan fingerprint density at radius 1 is 1.38 bits per heavy atom. The minimum absolute atomic E-state index is 0.0744. The molecule has 4 nitrogen and oxygen atoms in total. The molecule has 2 N–H and O–H groups in total. The van der Waals surface area contributed by atoms with Crippen LogP contribution in [0.25, 0.3) is 0 Å². The third kappa shape index (κ3) is 1.02. The van der Waals surface area contributed by atoms with Crippen LogP contribution in [-0.2, 0) is 9.53 Å². The Hall–Kier alpha value is -0.610. The van der Waals surface area contributed by atoms with Crippen molar-refractivity contribution in [2.45, 2.75) is 31.1 Å². The standard InChI is InChI=1S/C9H14N2O2/c12-9-7-6(4-11-9)13-5-2-1-3-10-8(5)7/h5-8,10H,1-4H2,(H,11,12). The number of piperidine rings is 1. The van der Waals surface area contributed by atoms with Crippen LogP contribution in [-0.4, -0.2) is 37.2 Å². The van der Waals surface area contributed by atoms with Gasteiger partial charge in [-0.25, -0.2) is 0 Å². The zero-order valence-corrected chi connectivity index (χ0v) is 7.45. The van der Waals surface area contributed by atoms with Gasteiger partial charge in [0, 0.05) is 12.6 Å². The summed E-state index contributed by atoms with van der Waals surface area (Å²) in [4.78, 5) is 11.5. The second-order valence-corrected chi connectivity index (χ2v) is 4.11. The van der Waals surface area contributed by atoms with Gasteiger partial charge in [0.2, 0.25) is 5.91 Å². The van der Waals surface area contributed by atoms with E-state index in [1.165, 1.54) is 6.42 Å². The summed E-state index contributed by atoms with van der Waals surface area (Å²) in [5.41, 5.74) is 0. The summed E-state index contributed by atoms with van der Waals surface area (Å²) in [7, 11) is 0. The molecular weight excluding hydrogens is 168 g/mol. The van der Waals surface area contributed by atoms with Gasteiger partial charge in [-0.05, 0) is 19.4 Å². The van der Waals surface area contributed by atoms with Crippen molar-refractivity contribution in [1.29, 1.82) is 0 Å². The summed E-state index contributed by atoms with van der Waals surface area (Å²) in [6, 6.07) is 0.279. The van der Waals surface area contributed by atoms with E-state index in [0.29, 0.717) is 6.54 Å². The molecule has 0 bridgehead atoms. The highest BCUT2D eigenvalue weighted by atomic mass is 16.5. The fraction of sp³-hybridized carbons (Fsp3) is 0.889. The minimum atomic E-state index is 0.0744. The second-order valence-electron chi connectivity index (χ2n) is 4.11. The van der Waals surface area contributed by atoms with E-state index < -0.39 is 0 Å². The van der Waals surface area contributed by atoms with E-state index in [-0.39, 0.29) is 30.1 Å². The fourth-order valence-corrected chi connectivity index (χ4v) is 2.76. The number of rotatable bonds is 0. The quantitative estimate of drug-likeness (QED) is 0.518. The zero-order chi connectivity index (χ0) is 8.84. The Labute approximate surface area is 77.0 Å². The van der Waals surface area contributed by atoms with Crippen LogP contribution in [0.4, 0.5) is 0 Å². The summed E-state index contributed by atoms with van der Waals surface area (Å²) in [6.45, 7) is 1.74. The predicted octanol–water partition coefficient (Wildman–Crippen LogP) is -0.748. The number of hydrogen-bond donors (Lipinski definition) is 2. The van der Waals surface area contributed by atoms with Gasteiger partial charge in [-0.1, -0.05) is 0 Å². The first-order chi connectivity index (χ1) is 6.36. The molecule has 0 saturated carbocycles. The van der Waals surface area contributed by atoms with Crippen molar-refractivity contribution in [3.63, 3.8) is 0 Å². The van der Waals surface area contributed by atoms with Gasteiger partial charge in [-0.3, -0.25) is 4.79 Å². The summed E-state index contributed by atoms with van der Waals surface area (Å²) in [5.74, 6) is 0.247. The average Bonchev–Trinajstić information content (AvgIpc) is 2.66. The number of fused-ring (bicyclic) bond motifs is 3. The molecule has 0 aromatic heterocycles. The van der Waals surface area contributed by atoms with Crippen LogP contribution in [0.15, 0.2) is 0 Å². The maximum Gasteiger partial charge on any atom is 0.227 e. The van der Waals surface area contributed by atoms with Crippen LogP contribution < -0.4 is 10.6 Å². The van der Waals surface area contributed by atoms with E-state index in [0.717, 1.165) is 13.0 Å². The molecule has 3 rings (SSSR count). The Morgan fingerprint density at radius 3 is 3.23 bits per heavy atom. The lowest BCUT2D eigenvalue weighted by Crippen LogP contribution is -2.48. The van der Waals surface area contributed by atoms with Crippen LogP contribution >= 0.6 is 0 Å². The molecule has 3 saturated heterocycles. The van der Waals surface area contributed by atoms with Crippen LogP contribution in [0.2, 0.25) is 0 Å². The van der Waals surface area contributed by atoms with Gasteiger partial charge in [-0.15, -0.1) is 0 Å². The summed E-state index contributed by atoms with van der Waals surface area (Å²) in [6.07, 6.45) is 2.70. The van der Waals surface area contributed by atoms with E-state index in [4.69, 9.17) is 4.74 Å². The first-order valence-corrected chi connectivity index (χ1v) is 5.03. The van der Waals surface area contributed by atoms with Crippen LogP contribution in [0.5, 0.6) is 0 Å². The van der Waals surface area contributed by atoms with E-state index in [1.54, 1.807) is 0 Å². The monoisotopic (exact) mass is 182 g/mol. The van der Waals surface area contributed by atoms with Gasteiger partial charge in [0.05, 0.1) is 18.1 Å². The summed E-state index contributed by atoms with van der Waals surface area (Å²) >= 11 is 0. The normalized spacial score (nSPS) is 48.5. The van der Waals surface area contributed by atoms with Crippen LogP contribution in [0.1, 0.15) is 12.8 Å². The maximum absolute atomic E-state index is 11.5. The Balaban J connectivity index is 1.85. The molecule has 0 aromatic carbocycles. The van der Waals surface area contributed by atoms with Crippen molar-refractivity contribution in [2.24, 2.45) is 5.92 Å². The largest absolute Gasteiger partial charge is 0.371 e. The van der Waals surface area contributed by atoms with Crippen molar-refractivity contribution in [1.82, 2.24) is 10.6 Å². The number of ether oxygens (including phenoxy) is 1. The Morgan fingerprint density at radius 2 is 2.31 bits per heavy atom. The van der Waals surface area contributed by atoms with E-state index in [1.807, 2.05) is 0 Å². The highest BCUT2D eigenvalue weighted by Crippen LogP contribution is 2.34. The molecule has 1 amide bonds. The first-order valence-electron chi connectivity index (χ1n) is 5.03. The van der Waals surface area contributed by atoms with Gasteiger partial charge < -0.3 is 15.4 Å². The molecule has 3 fully saturated rings. The molecule has 0 spiro atoms.